The molecule has 33 heavy (non-hydrogen) atoms. The molecule has 2 N–H and O–H groups in total. The first-order valence-corrected chi connectivity index (χ1v) is 11.9. The van der Waals surface area contributed by atoms with Crippen LogP contribution in [-0.2, 0) is 16.3 Å². The minimum Gasteiger partial charge on any atom is -0.545 e. The number of carboxylic acids is 1. The summed E-state index contributed by atoms with van der Waals surface area (Å²) in [6, 6.07) is 18.8. The molecule has 0 bridgehead atoms. The molecule has 168 valence electrons. The third-order valence-electron chi connectivity index (χ3n) is 5.00. The molecule has 0 aliphatic rings. The van der Waals surface area contributed by atoms with E-state index in [1.807, 2.05) is 6.07 Å². The van der Waals surface area contributed by atoms with Crippen molar-refractivity contribution in [3.63, 3.8) is 0 Å². The average molecular weight is 496 g/mol. The SMILES string of the molecule is O=C([O-])c1cccc(S(=O)(=O)c2ccc(CCCNC[C@H](O)c3cccc(Cl)c3)cc2)c1.[Na+]. The molecule has 0 aliphatic heterocycles. The van der Waals surface area contributed by atoms with Gasteiger partial charge in [0.15, 0.2) is 0 Å². The number of hydrogen-bond acceptors (Lipinski definition) is 6. The molecule has 0 heterocycles. The summed E-state index contributed by atoms with van der Waals surface area (Å²) in [7, 11) is -3.82. The van der Waals surface area contributed by atoms with Crippen LogP contribution < -0.4 is 40.0 Å². The molecule has 0 amide bonds. The number of benzene rings is 3. The van der Waals surface area contributed by atoms with E-state index in [-0.39, 0.29) is 44.9 Å². The Morgan fingerprint density at radius 3 is 2.36 bits per heavy atom. The number of aromatic carboxylic acids is 1. The fraction of sp³-hybridized carbons (Fsp3) is 0.208. The summed E-state index contributed by atoms with van der Waals surface area (Å²) in [6.45, 7) is 1.09. The van der Waals surface area contributed by atoms with Crippen molar-refractivity contribution in [3.05, 3.63) is 94.5 Å². The van der Waals surface area contributed by atoms with Crippen molar-refractivity contribution in [1.29, 1.82) is 0 Å². The minimum absolute atomic E-state index is 0. The second-order valence-electron chi connectivity index (χ2n) is 7.34. The molecule has 3 rings (SSSR count). The smallest absolute Gasteiger partial charge is 0.545 e. The van der Waals surface area contributed by atoms with Gasteiger partial charge in [-0.2, -0.15) is 0 Å². The van der Waals surface area contributed by atoms with E-state index in [0.717, 1.165) is 30.0 Å². The van der Waals surface area contributed by atoms with Crippen LogP contribution in [0.3, 0.4) is 0 Å². The van der Waals surface area contributed by atoms with Gasteiger partial charge >= 0.3 is 29.6 Å². The number of carboxylic acid groups (broad SMARTS) is 1. The molecule has 0 saturated heterocycles. The number of aliphatic hydroxyl groups is 1. The Bertz CT molecular complexity index is 1190. The standard InChI is InChI=1S/C24H24ClNO5S.Na/c25-20-7-1-5-18(14-20)23(27)16-26-13-3-4-17-9-11-21(12-10-17)32(30,31)22-8-2-6-19(15-22)24(28)29;/h1-2,5-12,14-15,23,26-27H,3-4,13,16H2,(H,28,29);/q;+1/p-1/t23-;/m0./s1. The van der Waals surface area contributed by atoms with Gasteiger partial charge in [-0.05, 0) is 72.5 Å². The number of nitrogens with one attached hydrogen (secondary N) is 1. The molecule has 6 nitrogen and oxygen atoms in total. The van der Waals surface area contributed by atoms with E-state index >= 15 is 0 Å². The van der Waals surface area contributed by atoms with Gasteiger partial charge in [-0.1, -0.05) is 48.0 Å². The maximum absolute atomic E-state index is 12.8. The van der Waals surface area contributed by atoms with Crippen LogP contribution in [0.25, 0.3) is 0 Å². The number of halogens is 1. The van der Waals surface area contributed by atoms with E-state index in [2.05, 4.69) is 5.32 Å². The van der Waals surface area contributed by atoms with Crippen LogP contribution in [0.1, 0.15) is 34.0 Å². The minimum atomic E-state index is -3.82. The molecule has 0 fully saturated rings. The first-order valence-electron chi connectivity index (χ1n) is 10.1. The van der Waals surface area contributed by atoms with Crippen LogP contribution in [0.15, 0.2) is 82.6 Å². The number of hydrogen-bond donors (Lipinski definition) is 2. The molecular weight excluding hydrogens is 473 g/mol. The second-order valence-corrected chi connectivity index (χ2v) is 9.73. The summed E-state index contributed by atoms with van der Waals surface area (Å²) < 4.78 is 25.5. The van der Waals surface area contributed by atoms with Crippen molar-refractivity contribution in [3.8, 4) is 0 Å². The molecule has 3 aromatic carbocycles. The Hall–Kier alpha value is -1.71. The average Bonchev–Trinajstić information content (AvgIpc) is 2.79. The van der Waals surface area contributed by atoms with Crippen molar-refractivity contribution in [2.24, 2.45) is 0 Å². The Morgan fingerprint density at radius 2 is 1.70 bits per heavy atom. The van der Waals surface area contributed by atoms with Crippen molar-refractivity contribution < 1.29 is 53.0 Å². The Kier molecular flexibility index (Phi) is 10.6. The summed E-state index contributed by atoms with van der Waals surface area (Å²) in [4.78, 5) is 11.0. The van der Waals surface area contributed by atoms with Crippen molar-refractivity contribution in [1.82, 2.24) is 5.32 Å². The monoisotopic (exact) mass is 495 g/mol. The summed E-state index contributed by atoms with van der Waals surface area (Å²) in [5, 5.41) is 25.0. The zero-order chi connectivity index (χ0) is 23.1. The van der Waals surface area contributed by atoms with Crippen LogP contribution in [0.4, 0.5) is 0 Å². The van der Waals surface area contributed by atoms with E-state index in [0.29, 0.717) is 18.1 Å². The fourth-order valence-electron chi connectivity index (χ4n) is 3.25. The molecule has 0 aliphatic carbocycles. The summed E-state index contributed by atoms with van der Waals surface area (Å²) in [6.07, 6.45) is 0.900. The van der Waals surface area contributed by atoms with Crippen LogP contribution >= 0.6 is 11.6 Å². The summed E-state index contributed by atoms with van der Waals surface area (Å²) in [5.41, 5.74) is 1.55. The zero-order valence-electron chi connectivity index (χ0n) is 18.2. The number of carbonyl (C=O) groups excluding carboxylic acids is 1. The molecule has 9 heteroatoms. The van der Waals surface area contributed by atoms with Gasteiger partial charge in [0.25, 0.3) is 0 Å². The van der Waals surface area contributed by atoms with Crippen molar-refractivity contribution >= 4 is 27.4 Å². The zero-order valence-corrected chi connectivity index (χ0v) is 21.8. The summed E-state index contributed by atoms with van der Waals surface area (Å²) in [5.74, 6) is -1.42. The third-order valence-corrected chi connectivity index (χ3v) is 7.01. The predicted octanol–water partition coefficient (Wildman–Crippen LogP) is -0.204. The predicted molar refractivity (Wildman–Crippen MR) is 120 cm³/mol. The van der Waals surface area contributed by atoms with Crippen LogP contribution in [0, 0.1) is 0 Å². The van der Waals surface area contributed by atoms with Crippen molar-refractivity contribution in [2.45, 2.75) is 28.7 Å². The quantitative estimate of drug-likeness (QED) is 0.298. The van der Waals surface area contributed by atoms with Crippen LogP contribution in [-0.4, -0.2) is 32.6 Å². The molecule has 0 unspecified atom stereocenters. The first kappa shape index (κ1) is 27.5. The van der Waals surface area contributed by atoms with Gasteiger partial charge in [-0.15, -0.1) is 0 Å². The summed E-state index contributed by atoms with van der Waals surface area (Å²) >= 11 is 5.94. The number of aryl methyl sites for hydroxylation is 1. The van der Waals surface area contributed by atoms with Crippen LogP contribution in [0.5, 0.6) is 0 Å². The number of rotatable bonds is 10. The molecule has 0 saturated carbocycles. The van der Waals surface area contributed by atoms with Gasteiger partial charge < -0.3 is 20.3 Å². The second kappa shape index (κ2) is 12.7. The van der Waals surface area contributed by atoms with Crippen molar-refractivity contribution in [2.75, 3.05) is 13.1 Å². The van der Waals surface area contributed by atoms with Gasteiger partial charge in [-0.3, -0.25) is 0 Å². The largest absolute Gasteiger partial charge is 1.00 e. The fourth-order valence-corrected chi connectivity index (χ4v) is 4.75. The Labute approximate surface area is 220 Å². The van der Waals surface area contributed by atoms with Gasteiger partial charge in [0.1, 0.15) is 0 Å². The molecule has 0 spiro atoms. The number of carbonyl (C=O) groups is 1. The maximum Gasteiger partial charge on any atom is 1.00 e. The number of aliphatic hydroxyl groups excluding tert-OH is 1. The van der Waals surface area contributed by atoms with Gasteiger partial charge in [0, 0.05) is 11.6 Å². The maximum atomic E-state index is 12.8. The molecule has 3 aromatic rings. The molecule has 1 atom stereocenters. The van der Waals surface area contributed by atoms with E-state index in [1.165, 1.54) is 30.3 Å². The van der Waals surface area contributed by atoms with E-state index in [4.69, 9.17) is 11.6 Å². The van der Waals surface area contributed by atoms with Gasteiger partial charge in [0.05, 0.1) is 21.9 Å². The third kappa shape index (κ3) is 7.65. The van der Waals surface area contributed by atoms with Gasteiger partial charge in [0.2, 0.25) is 9.84 Å². The molecule has 0 radical (unpaired) electrons. The molecular formula is C24H23ClNNaO5S. The Morgan fingerprint density at radius 1 is 1.00 bits per heavy atom. The molecule has 0 aromatic heterocycles. The normalized spacial score (nSPS) is 12.1. The Balaban J connectivity index is 0.00000385. The first-order chi connectivity index (χ1) is 15.3. The topological polar surface area (TPSA) is 107 Å². The van der Waals surface area contributed by atoms with E-state index in [9.17, 15) is 23.4 Å². The van der Waals surface area contributed by atoms with Crippen LogP contribution in [0.2, 0.25) is 5.02 Å². The number of sulfone groups is 1. The van der Waals surface area contributed by atoms with E-state index in [1.54, 1.807) is 30.3 Å². The van der Waals surface area contributed by atoms with Gasteiger partial charge in [-0.25, -0.2) is 8.42 Å². The van der Waals surface area contributed by atoms with E-state index < -0.39 is 21.9 Å².